The number of nitrogens with zero attached hydrogens (tertiary/aromatic N) is 2. The molecular weight excluding hydrogens is 622 g/mol. The Morgan fingerprint density at radius 2 is 1.22 bits per heavy atom. The zero-order chi connectivity index (χ0) is 32.8. The third kappa shape index (κ3) is 5.92. The molecule has 0 aliphatic carbocycles. The molecule has 242 valence electrons. The summed E-state index contributed by atoms with van der Waals surface area (Å²) in [5.74, 6) is 0.168. The molecule has 0 bridgehead atoms. The Kier molecular flexibility index (Phi) is 10.2. The first-order valence-corrected chi connectivity index (χ1v) is 18.9. The summed E-state index contributed by atoms with van der Waals surface area (Å²) in [6.07, 6.45) is -0.462. The predicted octanol–water partition coefficient (Wildman–Crippen LogP) is 9.73. The SMILES string of the molecule is CC[SH](CC)(CC)(c1nc(Cl)cc(O[C@H](C)COC(c2ccccc2)(c2ccccc2)c2ccccc2)n1)c1cccc(F)c1F. The van der Waals surface area contributed by atoms with Crippen molar-refractivity contribution in [1.82, 2.24) is 9.97 Å². The van der Waals surface area contributed by atoms with Crippen LogP contribution in [-0.4, -0.2) is 39.9 Å². The number of ether oxygens (including phenoxy) is 2. The Balaban J connectivity index is 1.53. The average Bonchev–Trinajstić information content (AvgIpc) is 3.09. The highest BCUT2D eigenvalue weighted by molar-refractivity contribution is 8.49. The molecule has 46 heavy (non-hydrogen) atoms. The van der Waals surface area contributed by atoms with E-state index >= 15 is 4.39 Å². The van der Waals surface area contributed by atoms with Gasteiger partial charge in [-0.05, 0) is 53.0 Å². The molecule has 0 aliphatic heterocycles. The summed E-state index contributed by atoms with van der Waals surface area (Å²) in [7, 11) is -3.43. The first-order valence-electron chi connectivity index (χ1n) is 15.7. The fraction of sp³-hybridized carbons (Fsp3) is 0.263. The number of benzene rings is 4. The van der Waals surface area contributed by atoms with Gasteiger partial charge in [-0.3, -0.25) is 0 Å². The number of hydrogen-bond acceptors (Lipinski definition) is 4. The lowest BCUT2D eigenvalue weighted by Crippen LogP contribution is -2.36. The van der Waals surface area contributed by atoms with Gasteiger partial charge in [0.05, 0.1) is 6.61 Å². The molecule has 0 N–H and O–H groups in total. The van der Waals surface area contributed by atoms with Crippen LogP contribution >= 0.6 is 20.8 Å². The fourth-order valence-corrected chi connectivity index (χ4v) is 12.1. The number of halogens is 3. The van der Waals surface area contributed by atoms with Crippen molar-refractivity contribution in [2.45, 2.75) is 49.5 Å². The van der Waals surface area contributed by atoms with Crippen molar-refractivity contribution >= 4 is 20.8 Å². The third-order valence-corrected chi connectivity index (χ3v) is 17.1. The van der Waals surface area contributed by atoms with Crippen LogP contribution < -0.4 is 4.74 Å². The molecule has 0 fully saturated rings. The van der Waals surface area contributed by atoms with E-state index in [1.807, 2.05) is 82.3 Å². The number of rotatable bonds is 13. The standard InChI is InChI=1S/C38H41ClF2N2O2S/c1-5-46(6-2,7-3,33-25-17-24-32(40)36(33)41)37-42-34(39)26-35(43-37)45-28(4)27-44-38(29-18-11-8-12-19-29,30-20-13-9-14-21-30)31-22-15-10-16-23-31/h8-26,28,46H,5-7,27H2,1-4H3/t28-/m1/s1. The van der Waals surface area contributed by atoms with Crippen LogP contribution in [0.2, 0.25) is 5.15 Å². The highest BCUT2D eigenvalue weighted by Crippen LogP contribution is 2.79. The van der Waals surface area contributed by atoms with Crippen molar-refractivity contribution < 1.29 is 18.3 Å². The molecule has 4 aromatic carbocycles. The summed E-state index contributed by atoms with van der Waals surface area (Å²) in [6.45, 7) is 8.09. The largest absolute Gasteiger partial charge is 0.472 e. The molecule has 5 rings (SSSR count). The van der Waals surface area contributed by atoms with Crippen molar-refractivity contribution in [3.63, 3.8) is 0 Å². The van der Waals surface area contributed by atoms with E-state index in [2.05, 4.69) is 41.4 Å². The quantitative estimate of drug-likeness (QED) is 0.0590. The van der Waals surface area contributed by atoms with E-state index in [0.29, 0.717) is 27.3 Å². The first-order chi connectivity index (χ1) is 22.2. The van der Waals surface area contributed by atoms with Crippen LogP contribution in [0, 0.1) is 11.6 Å². The van der Waals surface area contributed by atoms with Gasteiger partial charge in [0, 0.05) is 11.0 Å². The summed E-state index contributed by atoms with van der Waals surface area (Å²) < 4.78 is 43.5. The van der Waals surface area contributed by atoms with Crippen molar-refractivity contribution in [3.05, 3.63) is 149 Å². The van der Waals surface area contributed by atoms with E-state index in [-0.39, 0.29) is 17.6 Å². The summed E-state index contributed by atoms with van der Waals surface area (Å²) in [4.78, 5) is 9.89. The first kappa shape index (κ1) is 33.6. The van der Waals surface area contributed by atoms with E-state index in [1.165, 1.54) is 0 Å². The average molecular weight is 663 g/mol. The van der Waals surface area contributed by atoms with Crippen molar-refractivity contribution in [2.24, 2.45) is 0 Å². The molecule has 1 atom stereocenters. The van der Waals surface area contributed by atoms with Gasteiger partial charge in [-0.1, -0.05) is 129 Å². The molecule has 4 nitrogen and oxygen atoms in total. The normalized spacial score (nSPS) is 13.5. The number of hydrogen-bond donors (Lipinski definition) is 1. The van der Waals surface area contributed by atoms with Crippen LogP contribution in [0.25, 0.3) is 0 Å². The molecule has 8 heteroatoms. The second kappa shape index (κ2) is 13.9. The highest BCUT2D eigenvalue weighted by atomic mass is 35.5. The van der Waals surface area contributed by atoms with Gasteiger partial charge in [-0.2, -0.15) is 4.98 Å². The Morgan fingerprint density at radius 3 is 1.70 bits per heavy atom. The Hall–Kier alpha value is -3.78. The Bertz CT molecular complexity index is 1650. The maximum Gasteiger partial charge on any atom is 0.219 e. The van der Waals surface area contributed by atoms with Gasteiger partial charge in [-0.15, -0.1) is 0 Å². The fourth-order valence-electron chi connectivity index (χ4n) is 6.62. The summed E-state index contributed by atoms with van der Waals surface area (Å²) >= 11 is 6.61. The maximum atomic E-state index is 15.6. The van der Waals surface area contributed by atoms with E-state index in [9.17, 15) is 4.39 Å². The van der Waals surface area contributed by atoms with Gasteiger partial charge in [0.2, 0.25) is 5.88 Å². The van der Waals surface area contributed by atoms with Gasteiger partial charge in [0.1, 0.15) is 16.9 Å². The lowest BCUT2D eigenvalue weighted by atomic mass is 9.80. The van der Waals surface area contributed by atoms with Gasteiger partial charge in [-0.25, -0.2) is 22.9 Å². The molecule has 0 aliphatic rings. The zero-order valence-electron chi connectivity index (χ0n) is 26.7. The minimum atomic E-state index is -3.43. The minimum Gasteiger partial charge on any atom is -0.472 e. The lowest BCUT2D eigenvalue weighted by Gasteiger charge is -2.58. The molecular formula is C38H41ClF2N2O2S. The van der Waals surface area contributed by atoms with Crippen molar-refractivity contribution in [1.29, 1.82) is 0 Å². The Morgan fingerprint density at radius 1 is 0.717 bits per heavy atom. The second-order valence-corrected chi connectivity index (χ2v) is 18.2. The molecule has 0 saturated heterocycles. The molecule has 0 radical (unpaired) electrons. The lowest BCUT2D eigenvalue weighted by molar-refractivity contribution is -0.0267. The molecule has 0 saturated carbocycles. The van der Waals surface area contributed by atoms with E-state index in [0.717, 1.165) is 22.8 Å². The monoisotopic (exact) mass is 662 g/mol. The molecule has 1 aromatic heterocycles. The molecule has 1 heterocycles. The van der Waals surface area contributed by atoms with E-state index < -0.39 is 32.5 Å². The maximum absolute atomic E-state index is 15.6. The van der Waals surface area contributed by atoms with Gasteiger partial charge in [0.15, 0.2) is 16.8 Å². The number of thiol groups is 1. The van der Waals surface area contributed by atoms with Gasteiger partial charge in [0.25, 0.3) is 0 Å². The van der Waals surface area contributed by atoms with E-state index in [1.54, 1.807) is 18.2 Å². The summed E-state index contributed by atoms with van der Waals surface area (Å²) in [6, 6.07) is 36.3. The van der Waals surface area contributed by atoms with Crippen LogP contribution in [0.5, 0.6) is 5.88 Å². The smallest absolute Gasteiger partial charge is 0.219 e. The summed E-state index contributed by atoms with van der Waals surface area (Å²) in [5.41, 5.74) is 2.03. The molecule has 5 aromatic rings. The van der Waals surface area contributed by atoms with Crippen LogP contribution in [-0.2, 0) is 10.3 Å². The number of aromatic nitrogens is 2. The predicted molar refractivity (Wildman–Crippen MR) is 186 cm³/mol. The van der Waals surface area contributed by atoms with Crippen LogP contribution in [0.15, 0.2) is 125 Å². The highest BCUT2D eigenvalue weighted by Gasteiger charge is 2.46. The molecule has 0 spiro atoms. The second-order valence-electron chi connectivity index (χ2n) is 11.6. The molecule has 0 unspecified atom stereocenters. The zero-order valence-corrected chi connectivity index (χ0v) is 28.3. The molecule has 0 amide bonds. The van der Waals surface area contributed by atoms with Gasteiger partial charge < -0.3 is 9.47 Å². The summed E-state index contributed by atoms with van der Waals surface area (Å²) in [5, 5.41) is 0.604. The van der Waals surface area contributed by atoms with Crippen molar-refractivity contribution in [3.8, 4) is 5.88 Å². The van der Waals surface area contributed by atoms with Gasteiger partial charge >= 0.3 is 0 Å². The van der Waals surface area contributed by atoms with Crippen LogP contribution in [0.3, 0.4) is 0 Å². The minimum absolute atomic E-state index is 0.182. The third-order valence-electron chi connectivity index (χ3n) is 9.43. The van der Waals surface area contributed by atoms with Crippen molar-refractivity contribution in [2.75, 3.05) is 23.9 Å². The van der Waals surface area contributed by atoms with E-state index in [4.69, 9.17) is 26.1 Å². The topological polar surface area (TPSA) is 44.2 Å². The van der Waals surface area contributed by atoms with Crippen LogP contribution in [0.1, 0.15) is 44.4 Å². The Labute approximate surface area is 276 Å². The van der Waals surface area contributed by atoms with Crippen LogP contribution in [0.4, 0.5) is 8.78 Å².